The number of carbonyl (C=O) groups is 1. The van der Waals surface area contributed by atoms with E-state index in [-0.39, 0.29) is 23.2 Å². The topological polar surface area (TPSA) is 80.4 Å². The van der Waals surface area contributed by atoms with Crippen molar-refractivity contribution in [3.05, 3.63) is 75.3 Å². The lowest BCUT2D eigenvalue weighted by molar-refractivity contribution is -0.385. The van der Waals surface area contributed by atoms with E-state index < -0.39 is 10.9 Å². The van der Waals surface area contributed by atoms with Gasteiger partial charge in [-0.1, -0.05) is 36.4 Å². The average Bonchev–Trinajstić information content (AvgIpc) is 2.39. The highest BCUT2D eigenvalue weighted by Gasteiger charge is 2.21. The van der Waals surface area contributed by atoms with Crippen LogP contribution < -0.4 is 0 Å². The van der Waals surface area contributed by atoms with Crippen molar-refractivity contribution in [1.29, 1.82) is 0 Å². The van der Waals surface area contributed by atoms with Gasteiger partial charge in [0.15, 0.2) is 0 Å². The molecule has 2 aromatic rings. The van der Waals surface area contributed by atoms with Crippen LogP contribution in [0, 0.1) is 10.1 Å². The Morgan fingerprint density at radius 2 is 1.79 bits per heavy atom. The van der Waals surface area contributed by atoms with Crippen LogP contribution in [-0.2, 0) is 6.42 Å². The molecule has 0 spiro atoms. The number of benzene rings is 2. The van der Waals surface area contributed by atoms with Gasteiger partial charge in [0.1, 0.15) is 0 Å². The van der Waals surface area contributed by atoms with Gasteiger partial charge in [0.2, 0.25) is 0 Å². The molecular weight excluding hydrogens is 246 g/mol. The Morgan fingerprint density at radius 3 is 2.37 bits per heavy atom. The highest BCUT2D eigenvalue weighted by molar-refractivity contribution is 5.90. The molecule has 19 heavy (non-hydrogen) atoms. The molecule has 0 aliphatic rings. The van der Waals surface area contributed by atoms with E-state index >= 15 is 0 Å². The van der Waals surface area contributed by atoms with E-state index in [2.05, 4.69) is 0 Å². The fourth-order valence-electron chi connectivity index (χ4n) is 1.93. The SMILES string of the molecule is O=C(O)c1cccc([N+](=O)[O-])c1Cc1ccccc1. The van der Waals surface area contributed by atoms with Crippen LogP contribution in [0.2, 0.25) is 0 Å². The molecular formula is C14H11NO4. The van der Waals surface area contributed by atoms with Crippen LogP contribution >= 0.6 is 0 Å². The number of nitro groups is 1. The Balaban J connectivity index is 2.52. The summed E-state index contributed by atoms with van der Waals surface area (Å²) < 4.78 is 0. The normalized spacial score (nSPS) is 10.1. The molecule has 0 fully saturated rings. The first-order valence-corrected chi connectivity index (χ1v) is 5.63. The van der Waals surface area contributed by atoms with Gasteiger partial charge in [-0.15, -0.1) is 0 Å². The Morgan fingerprint density at radius 1 is 1.11 bits per heavy atom. The van der Waals surface area contributed by atoms with Crippen LogP contribution in [0.15, 0.2) is 48.5 Å². The first-order chi connectivity index (χ1) is 9.09. The lowest BCUT2D eigenvalue weighted by Crippen LogP contribution is -2.06. The molecule has 0 heterocycles. The fraction of sp³-hybridized carbons (Fsp3) is 0.0714. The summed E-state index contributed by atoms with van der Waals surface area (Å²) in [5.74, 6) is -1.16. The third-order valence-corrected chi connectivity index (χ3v) is 2.80. The molecule has 0 aliphatic carbocycles. The summed E-state index contributed by atoms with van der Waals surface area (Å²) in [4.78, 5) is 21.6. The summed E-state index contributed by atoms with van der Waals surface area (Å²) in [6.07, 6.45) is 0.222. The van der Waals surface area contributed by atoms with E-state index in [0.717, 1.165) is 5.56 Å². The maximum absolute atomic E-state index is 11.2. The number of carboxylic acid groups (broad SMARTS) is 1. The lowest BCUT2D eigenvalue weighted by Gasteiger charge is -2.07. The number of nitrogens with zero attached hydrogens (tertiary/aromatic N) is 1. The van der Waals surface area contributed by atoms with Crippen LogP contribution in [0.1, 0.15) is 21.5 Å². The summed E-state index contributed by atoms with van der Waals surface area (Å²) in [6.45, 7) is 0. The molecule has 0 amide bonds. The van der Waals surface area contributed by atoms with E-state index in [9.17, 15) is 14.9 Å². The second-order valence-corrected chi connectivity index (χ2v) is 4.03. The van der Waals surface area contributed by atoms with Gasteiger partial charge in [0, 0.05) is 18.1 Å². The van der Waals surface area contributed by atoms with E-state index in [1.165, 1.54) is 18.2 Å². The van der Waals surface area contributed by atoms with Crippen molar-refractivity contribution in [3.63, 3.8) is 0 Å². The molecule has 96 valence electrons. The minimum atomic E-state index is -1.16. The lowest BCUT2D eigenvalue weighted by atomic mass is 9.98. The highest BCUT2D eigenvalue weighted by Crippen LogP contribution is 2.25. The largest absolute Gasteiger partial charge is 0.478 e. The number of aromatic carboxylic acids is 1. The first kappa shape index (κ1) is 12.8. The second-order valence-electron chi connectivity index (χ2n) is 4.03. The van der Waals surface area contributed by atoms with Gasteiger partial charge < -0.3 is 5.11 Å². The van der Waals surface area contributed by atoms with Crippen molar-refractivity contribution in [2.24, 2.45) is 0 Å². The zero-order valence-electron chi connectivity index (χ0n) is 9.95. The van der Waals surface area contributed by atoms with Crippen molar-refractivity contribution in [3.8, 4) is 0 Å². The summed E-state index contributed by atoms with van der Waals surface area (Å²) in [5.41, 5.74) is 0.868. The predicted octanol–water partition coefficient (Wildman–Crippen LogP) is 2.88. The molecule has 1 N–H and O–H groups in total. The molecule has 0 bridgehead atoms. The van der Waals surface area contributed by atoms with Gasteiger partial charge in [0.05, 0.1) is 10.5 Å². The van der Waals surface area contributed by atoms with Gasteiger partial charge in [-0.2, -0.15) is 0 Å². The van der Waals surface area contributed by atoms with Crippen molar-refractivity contribution < 1.29 is 14.8 Å². The summed E-state index contributed by atoms with van der Waals surface area (Å²) >= 11 is 0. The van der Waals surface area contributed by atoms with Crippen molar-refractivity contribution >= 4 is 11.7 Å². The van der Waals surface area contributed by atoms with Crippen LogP contribution in [0.4, 0.5) is 5.69 Å². The molecule has 0 radical (unpaired) electrons. The van der Waals surface area contributed by atoms with Crippen molar-refractivity contribution in [1.82, 2.24) is 0 Å². The zero-order valence-corrected chi connectivity index (χ0v) is 9.95. The van der Waals surface area contributed by atoms with Crippen LogP contribution in [-0.4, -0.2) is 16.0 Å². The number of carboxylic acids is 1. The molecule has 2 rings (SSSR count). The van der Waals surface area contributed by atoms with E-state index in [0.29, 0.717) is 0 Å². The van der Waals surface area contributed by atoms with E-state index in [4.69, 9.17) is 5.11 Å². The number of nitro benzene ring substituents is 1. The standard InChI is InChI=1S/C14H11NO4/c16-14(17)11-7-4-8-13(15(18)19)12(11)9-10-5-2-1-3-6-10/h1-8H,9H2,(H,16,17). The third kappa shape index (κ3) is 2.77. The molecule has 5 heteroatoms. The summed E-state index contributed by atoms with van der Waals surface area (Å²) in [7, 11) is 0. The van der Waals surface area contributed by atoms with Gasteiger partial charge in [-0.3, -0.25) is 10.1 Å². The summed E-state index contributed by atoms with van der Waals surface area (Å²) in [6, 6.07) is 13.2. The van der Waals surface area contributed by atoms with E-state index in [1.807, 2.05) is 30.3 Å². The minimum Gasteiger partial charge on any atom is -0.478 e. The molecule has 5 nitrogen and oxygen atoms in total. The average molecular weight is 257 g/mol. The van der Waals surface area contributed by atoms with Crippen LogP contribution in [0.3, 0.4) is 0 Å². The molecule has 0 aromatic heterocycles. The Bertz CT molecular complexity index is 590. The van der Waals surface area contributed by atoms with Crippen molar-refractivity contribution in [2.75, 3.05) is 0 Å². The number of hydrogen-bond acceptors (Lipinski definition) is 3. The Kier molecular flexibility index (Phi) is 3.56. The zero-order chi connectivity index (χ0) is 13.8. The minimum absolute atomic E-state index is 0.0296. The number of hydrogen-bond donors (Lipinski definition) is 1. The molecule has 0 aliphatic heterocycles. The van der Waals surface area contributed by atoms with Crippen LogP contribution in [0.25, 0.3) is 0 Å². The van der Waals surface area contributed by atoms with Crippen LogP contribution in [0.5, 0.6) is 0 Å². The Labute approximate surface area is 109 Å². The highest BCUT2D eigenvalue weighted by atomic mass is 16.6. The second kappa shape index (κ2) is 5.30. The monoisotopic (exact) mass is 257 g/mol. The van der Waals surface area contributed by atoms with Crippen molar-refractivity contribution in [2.45, 2.75) is 6.42 Å². The molecule has 0 atom stereocenters. The first-order valence-electron chi connectivity index (χ1n) is 5.63. The smallest absolute Gasteiger partial charge is 0.336 e. The maximum Gasteiger partial charge on any atom is 0.336 e. The van der Waals surface area contributed by atoms with Gasteiger partial charge in [0.25, 0.3) is 5.69 Å². The van der Waals surface area contributed by atoms with Gasteiger partial charge in [-0.25, -0.2) is 4.79 Å². The maximum atomic E-state index is 11.2. The van der Waals surface area contributed by atoms with E-state index in [1.54, 1.807) is 0 Å². The third-order valence-electron chi connectivity index (χ3n) is 2.80. The predicted molar refractivity (Wildman–Crippen MR) is 69.3 cm³/mol. The molecule has 2 aromatic carbocycles. The molecule has 0 saturated carbocycles. The molecule has 0 saturated heterocycles. The number of rotatable bonds is 4. The van der Waals surface area contributed by atoms with Gasteiger partial charge in [-0.05, 0) is 11.6 Å². The van der Waals surface area contributed by atoms with Gasteiger partial charge >= 0.3 is 5.97 Å². The fourth-order valence-corrected chi connectivity index (χ4v) is 1.93. The quantitative estimate of drug-likeness (QED) is 0.674. The molecule has 0 unspecified atom stereocenters. The summed E-state index contributed by atoms with van der Waals surface area (Å²) in [5, 5.41) is 20.1. The Hall–Kier alpha value is -2.69.